The van der Waals surface area contributed by atoms with Gasteiger partial charge in [-0.15, -0.1) is 0 Å². The standard InChI is InChI=1S/C25H20Cl2N2O2/c1-14-10-15(2)24-18(11-14)19(25(30)29-21-6-4-5-7-23(21)31-3)13-22(28-24)17-9-8-16(26)12-20(17)27/h4-13H,1-3H3,(H,29,30). The van der Waals surface area contributed by atoms with Crippen LogP contribution in [0.25, 0.3) is 22.2 Å². The molecule has 0 atom stereocenters. The van der Waals surface area contributed by atoms with Gasteiger partial charge in [0.2, 0.25) is 0 Å². The molecular formula is C25H20Cl2N2O2. The van der Waals surface area contributed by atoms with Crippen molar-refractivity contribution in [2.45, 2.75) is 13.8 Å². The van der Waals surface area contributed by atoms with Gasteiger partial charge in [0.15, 0.2) is 0 Å². The number of anilines is 1. The molecule has 0 saturated carbocycles. The minimum Gasteiger partial charge on any atom is -0.495 e. The van der Waals surface area contributed by atoms with Crippen LogP contribution in [0.3, 0.4) is 0 Å². The van der Waals surface area contributed by atoms with Crippen LogP contribution in [-0.4, -0.2) is 18.0 Å². The number of hydrogen-bond donors (Lipinski definition) is 1. The highest BCUT2D eigenvalue weighted by Crippen LogP contribution is 2.34. The summed E-state index contributed by atoms with van der Waals surface area (Å²) in [6, 6.07) is 18.3. The molecule has 1 N–H and O–H groups in total. The minimum absolute atomic E-state index is 0.256. The lowest BCUT2D eigenvalue weighted by molar-refractivity contribution is 0.102. The maximum atomic E-state index is 13.4. The molecule has 4 nitrogen and oxygen atoms in total. The zero-order chi connectivity index (χ0) is 22.1. The van der Waals surface area contributed by atoms with E-state index in [9.17, 15) is 4.79 Å². The maximum Gasteiger partial charge on any atom is 0.256 e. The largest absolute Gasteiger partial charge is 0.495 e. The van der Waals surface area contributed by atoms with Gasteiger partial charge in [-0.3, -0.25) is 4.79 Å². The molecule has 0 aliphatic carbocycles. The fourth-order valence-corrected chi connectivity index (χ4v) is 4.15. The Morgan fingerprint density at radius 3 is 2.52 bits per heavy atom. The molecule has 4 aromatic rings. The molecule has 1 heterocycles. The van der Waals surface area contributed by atoms with Crippen LogP contribution in [0.15, 0.2) is 60.7 Å². The summed E-state index contributed by atoms with van der Waals surface area (Å²) < 4.78 is 5.37. The molecule has 31 heavy (non-hydrogen) atoms. The van der Waals surface area contributed by atoms with Gasteiger partial charge in [-0.05, 0) is 61.9 Å². The van der Waals surface area contributed by atoms with Crippen molar-refractivity contribution in [3.8, 4) is 17.0 Å². The van der Waals surface area contributed by atoms with E-state index in [0.717, 1.165) is 22.0 Å². The van der Waals surface area contributed by atoms with Gasteiger partial charge in [0.1, 0.15) is 5.75 Å². The first kappa shape index (κ1) is 21.2. The molecule has 0 aliphatic rings. The van der Waals surface area contributed by atoms with E-state index in [1.807, 2.05) is 44.2 Å². The zero-order valence-electron chi connectivity index (χ0n) is 17.3. The van der Waals surface area contributed by atoms with Gasteiger partial charge in [-0.1, -0.05) is 47.0 Å². The lowest BCUT2D eigenvalue weighted by Gasteiger charge is -2.15. The Morgan fingerprint density at radius 1 is 1.00 bits per heavy atom. The smallest absolute Gasteiger partial charge is 0.256 e. The van der Waals surface area contributed by atoms with Crippen molar-refractivity contribution in [3.05, 3.63) is 87.4 Å². The summed E-state index contributed by atoms with van der Waals surface area (Å²) >= 11 is 12.5. The second kappa shape index (κ2) is 8.58. The molecule has 0 spiro atoms. The van der Waals surface area contributed by atoms with Crippen molar-refractivity contribution in [2.24, 2.45) is 0 Å². The number of ether oxygens (including phenoxy) is 1. The number of methoxy groups -OCH3 is 1. The van der Waals surface area contributed by atoms with E-state index in [-0.39, 0.29) is 5.91 Å². The molecule has 4 rings (SSSR count). The number of benzene rings is 3. The molecule has 156 valence electrons. The summed E-state index contributed by atoms with van der Waals surface area (Å²) in [6.07, 6.45) is 0. The van der Waals surface area contributed by atoms with E-state index in [1.54, 1.807) is 37.4 Å². The number of pyridine rings is 1. The summed E-state index contributed by atoms with van der Waals surface area (Å²) in [5, 5.41) is 4.75. The van der Waals surface area contributed by atoms with Crippen LogP contribution in [-0.2, 0) is 0 Å². The van der Waals surface area contributed by atoms with Crippen LogP contribution in [0, 0.1) is 13.8 Å². The number of rotatable bonds is 4. The van der Waals surface area contributed by atoms with E-state index in [1.165, 1.54) is 0 Å². The van der Waals surface area contributed by atoms with E-state index in [0.29, 0.717) is 38.3 Å². The third kappa shape index (κ3) is 4.22. The van der Waals surface area contributed by atoms with Gasteiger partial charge >= 0.3 is 0 Å². The molecule has 1 aromatic heterocycles. The molecular weight excluding hydrogens is 431 g/mol. The number of aromatic nitrogens is 1. The first-order valence-electron chi connectivity index (χ1n) is 9.69. The minimum atomic E-state index is -0.256. The first-order valence-corrected chi connectivity index (χ1v) is 10.4. The SMILES string of the molecule is COc1ccccc1NC(=O)c1cc(-c2ccc(Cl)cc2Cl)nc2c(C)cc(C)cc12. The first-order chi connectivity index (χ1) is 14.9. The maximum absolute atomic E-state index is 13.4. The molecule has 1 amide bonds. The monoisotopic (exact) mass is 450 g/mol. The Hall–Kier alpha value is -3.08. The molecule has 0 fully saturated rings. The predicted molar refractivity (Wildman–Crippen MR) is 128 cm³/mol. The Kier molecular flexibility index (Phi) is 5.86. The Labute approximate surface area is 190 Å². The lowest BCUT2D eigenvalue weighted by atomic mass is 9.99. The highest BCUT2D eigenvalue weighted by molar-refractivity contribution is 6.36. The van der Waals surface area contributed by atoms with Gasteiger partial charge in [-0.25, -0.2) is 4.98 Å². The van der Waals surface area contributed by atoms with Gasteiger partial charge in [0.25, 0.3) is 5.91 Å². The van der Waals surface area contributed by atoms with E-state index < -0.39 is 0 Å². The van der Waals surface area contributed by atoms with E-state index in [2.05, 4.69) is 5.32 Å². The van der Waals surface area contributed by atoms with Crippen molar-refractivity contribution in [3.63, 3.8) is 0 Å². The highest BCUT2D eigenvalue weighted by Gasteiger charge is 2.18. The Bertz CT molecular complexity index is 1320. The molecule has 0 saturated heterocycles. The molecule has 0 aliphatic heterocycles. The van der Waals surface area contributed by atoms with Gasteiger partial charge in [-0.2, -0.15) is 0 Å². The lowest BCUT2D eigenvalue weighted by Crippen LogP contribution is -2.14. The van der Waals surface area contributed by atoms with Crippen molar-refractivity contribution in [1.29, 1.82) is 0 Å². The van der Waals surface area contributed by atoms with Gasteiger partial charge in [0, 0.05) is 16.0 Å². The summed E-state index contributed by atoms with van der Waals surface area (Å²) in [5.74, 6) is 0.329. The zero-order valence-corrected chi connectivity index (χ0v) is 18.8. The second-order valence-corrected chi connectivity index (χ2v) is 8.16. The summed E-state index contributed by atoms with van der Waals surface area (Å²) in [4.78, 5) is 18.2. The van der Waals surface area contributed by atoms with Crippen LogP contribution in [0.4, 0.5) is 5.69 Å². The van der Waals surface area contributed by atoms with E-state index in [4.69, 9.17) is 32.9 Å². The third-order valence-corrected chi connectivity index (χ3v) is 5.60. The number of halogens is 2. The predicted octanol–water partition coefficient (Wildman–Crippen LogP) is 7.09. The number of hydrogen-bond acceptors (Lipinski definition) is 3. The van der Waals surface area contributed by atoms with Crippen molar-refractivity contribution in [1.82, 2.24) is 4.98 Å². The van der Waals surface area contributed by atoms with Crippen LogP contribution in [0.2, 0.25) is 10.0 Å². The fraction of sp³-hybridized carbons (Fsp3) is 0.120. The van der Waals surface area contributed by atoms with Gasteiger partial charge < -0.3 is 10.1 Å². The van der Waals surface area contributed by atoms with Crippen molar-refractivity contribution >= 4 is 45.7 Å². The van der Waals surface area contributed by atoms with Crippen molar-refractivity contribution in [2.75, 3.05) is 12.4 Å². The Balaban J connectivity index is 1.91. The molecule has 3 aromatic carbocycles. The van der Waals surface area contributed by atoms with Crippen LogP contribution in [0.1, 0.15) is 21.5 Å². The number of amides is 1. The Morgan fingerprint density at radius 2 is 1.77 bits per heavy atom. The number of nitrogens with one attached hydrogen (secondary N) is 1. The van der Waals surface area contributed by atoms with Crippen LogP contribution in [0.5, 0.6) is 5.75 Å². The van der Waals surface area contributed by atoms with Crippen LogP contribution >= 0.6 is 23.2 Å². The highest BCUT2D eigenvalue weighted by atomic mass is 35.5. The van der Waals surface area contributed by atoms with E-state index >= 15 is 0 Å². The number of aryl methyl sites for hydroxylation is 2. The number of fused-ring (bicyclic) bond motifs is 1. The summed E-state index contributed by atoms with van der Waals surface area (Å²) in [6.45, 7) is 3.98. The van der Waals surface area contributed by atoms with Crippen LogP contribution < -0.4 is 10.1 Å². The van der Waals surface area contributed by atoms with Crippen molar-refractivity contribution < 1.29 is 9.53 Å². The average molecular weight is 451 g/mol. The fourth-order valence-electron chi connectivity index (χ4n) is 3.64. The number of carbonyl (C=O) groups excluding carboxylic acids is 1. The summed E-state index contributed by atoms with van der Waals surface area (Å²) in [7, 11) is 1.57. The summed E-state index contributed by atoms with van der Waals surface area (Å²) in [5.41, 5.74) is 5.19. The number of nitrogens with zero attached hydrogens (tertiary/aromatic N) is 1. The third-order valence-electron chi connectivity index (χ3n) is 5.06. The normalized spacial score (nSPS) is 10.9. The quantitative estimate of drug-likeness (QED) is 0.361. The number of carbonyl (C=O) groups is 1. The molecule has 0 radical (unpaired) electrons. The van der Waals surface area contributed by atoms with Gasteiger partial charge in [0.05, 0.1) is 34.6 Å². The number of para-hydroxylation sites is 2. The average Bonchev–Trinajstić information content (AvgIpc) is 2.73. The second-order valence-electron chi connectivity index (χ2n) is 7.31. The molecule has 0 unspecified atom stereocenters. The molecule has 0 bridgehead atoms. The topological polar surface area (TPSA) is 51.2 Å². The molecule has 6 heteroatoms.